The number of carbonyl (C=O) groups excluding carboxylic acids is 1. The molecular weight excluding hydrogens is 342 g/mol. The summed E-state index contributed by atoms with van der Waals surface area (Å²) >= 11 is 0. The Kier molecular flexibility index (Phi) is 9.23. The normalized spacial score (nSPS) is 44.2. The second-order valence-electron chi connectivity index (χ2n) is 9.57. The maximum absolute atomic E-state index is 13.3. The van der Waals surface area contributed by atoms with E-state index in [2.05, 4.69) is 25.7 Å². The minimum Gasteiger partial charge on any atom is -0.845 e. The molecule has 1 aliphatic rings. The lowest BCUT2D eigenvalue weighted by Gasteiger charge is -2.50. The van der Waals surface area contributed by atoms with E-state index in [9.17, 15) is 15.0 Å². The highest BCUT2D eigenvalue weighted by molar-refractivity contribution is 5.72. The molecule has 1 N–H and O–H groups in total. The van der Waals surface area contributed by atoms with Gasteiger partial charge in [-0.05, 0) is 63.0 Å². The molecule has 0 aromatic rings. The number of rotatable bonds is 1. The lowest BCUT2D eigenvalue weighted by Crippen LogP contribution is -2.66. The summed E-state index contributed by atoms with van der Waals surface area (Å²) in [6, 6.07) is -0.306. The van der Waals surface area contributed by atoms with Gasteiger partial charge < -0.3 is 19.8 Å². The summed E-state index contributed by atoms with van der Waals surface area (Å²) in [6.07, 6.45) is 1.39. The second-order valence-corrected chi connectivity index (χ2v) is 9.57. The van der Waals surface area contributed by atoms with Crippen molar-refractivity contribution in [2.24, 2.45) is 23.7 Å². The number of nitrogens with zero attached hydrogens (tertiary/aromatic N) is 1. The van der Waals surface area contributed by atoms with Crippen LogP contribution in [0.2, 0.25) is 0 Å². The van der Waals surface area contributed by atoms with Gasteiger partial charge in [-0.2, -0.15) is 0 Å². The number of cyclic esters (lactones) is 1. The Morgan fingerprint density at radius 2 is 1.63 bits per heavy atom. The van der Waals surface area contributed by atoms with Crippen LogP contribution in [0.25, 0.3) is 0 Å². The van der Waals surface area contributed by atoms with Gasteiger partial charge in [0.05, 0.1) is 18.1 Å². The van der Waals surface area contributed by atoms with E-state index in [4.69, 9.17) is 4.74 Å². The van der Waals surface area contributed by atoms with Crippen LogP contribution in [-0.2, 0) is 9.53 Å². The first-order valence-corrected chi connectivity index (χ1v) is 10.7. The third-order valence-corrected chi connectivity index (χ3v) is 6.38. The van der Waals surface area contributed by atoms with Crippen LogP contribution in [0.3, 0.4) is 0 Å². The van der Waals surface area contributed by atoms with E-state index in [-0.39, 0.29) is 17.9 Å². The Hall–Kier alpha value is -0.650. The highest BCUT2D eigenvalue weighted by Crippen LogP contribution is 2.28. The quantitative estimate of drug-likeness (QED) is 0.704. The van der Waals surface area contributed by atoms with Crippen LogP contribution < -0.4 is 5.11 Å². The van der Waals surface area contributed by atoms with Crippen molar-refractivity contribution >= 4 is 5.97 Å². The van der Waals surface area contributed by atoms with Crippen molar-refractivity contribution in [3.63, 3.8) is 0 Å². The smallest absolute Gasteiger partial charge is 0.308 e. The van der Waals surface area contributed by atoms with Gasteiger partial charge in [-0.25, -0.2) is 0 Å². The van der Waals surface area contributed by atoms with E-state index in [1.54, 1.807) is 0 Å². The molecule has 0 aromatic heterocycles. The van der Waals surface area contributed by atoms with Crippen molar-refractivity contribution in [2.45, 2.75) is 98.0 Å². The molecule has 0 aliphatic carbocycles. The highest BCUT2D eigenvalue weighted by Gasteiger charge is 2.37. The molecule has 160 valence electrons. The van der Waals surface area contributed by atoms with Crippen molar-refractivity contribution in [3.05, 3.63) is 0 Å². The average Bonchev–Trinajstić information content (AvgIpc) is 2.56. The molecule has 0 bridgehead atoms. The van der Waals surface area contributed by atoms with Gasteiger partial charge in [-0.15, -0.1) is 0 Å². The van der Waals surface area contributed by atoms with E-state index in [1.807, 2.05) is 27.8 Å². The average molecular weight is 385 g/mol. The summed E-state index contributed by atoms with van der Waals surface area (Å²) in [4.78, 5) is 14.7. The van der Waals surface area contributed by atoms with Crippen molar-refractivity contribution < 1.29 is 19.7 Å². The summed E-state index contributed by atoms with van der Waals surface area (Å²) in [5, 5.41) is 24.2. The summed E-state index contributed by atoms with van der Waals surface area (Å²) in [6.45, 7) is 14.6. The zero-order chi connectivity index (χ0) is 20.9. The highest BCUT2D eigenvalue weighted by atomic mass is 16.6. The molecule has 0 radical (unpaired) electrons. The van der Waals surface area contributed by atoms with E-state index in [0.29, 0.717) is 24.2 Å². The van der Waals surface area contributed by atoms with Gasteiger partial charge in [0.2, 0.25) is 0 Å². The standard InChI is InChI=1S/C22H42NO4/c1-9-19-22(7,26)20(24)18(6)23(8)13-16(4)11-14(2)10-15(3)12-17(5)21(25)27-19/h14-20,24H,9-13H2,1-8H3/q-1/t14-,15-,16-,17-,18-,19-,20-,22-/m1/s1. The van der Waals surface area contributed by atoms with Crippen molar-refractivity contribution in [3.8, 4) is 0 Å². The number of esters is 1. The molecule has 0 aromatic carbocycles. The third kappa shape index (κ3) is 6.72. The van der Waals surface area contributed by atoms with E-state index < -0.39 is 17.8 Å². The molecule has 5 heteroatoms. The first-order valence-electron chi connectivity index (χ1n) is 10.7. The Bertz CT molecular complexity index is 467. The molecule has 1 aliphatic heterocycles. The fraction of sp³-hybridized carbons (Fsp3) is 0.955. The SMILES string of the molecule is CC[C@H]1OC(=O)[C@H](C)C[C@H](C)C[C@@H](C)C[C@@H](C)CN(C)[C@H](C)[C@@H](O)[C@]1(C)[O-]. The molecule has 27 heavy (non-hydrogen) atoms. The van der Waals surface area contributed by atoms with Crippen LogP contribution in [0.15, 0.2) is 0 Å². The Morgan fingerprint density at radius 1 is 1.11 bits per heavy atom. The first-order chi connectivity index (χ1) is 12.4. The number of hydrogen-bond acceptors (Lipinski definition) is 5. The molecule has 1 heterocycles. The lowest BCUT2D eigenvalue weighted by molar-refractivity contribution is -0.511. The summed E-state index contributed by atoms with van der Waals surface area (Å²) in [7, 11) is 1.96. The minimum atomic E-state index is -1.75. The zero-order valence-corrected chi connectivity index (χ0v) is 18.7. The van der Waals surface area contributed by atoms with Gasteiger partial charge in [0.25, 0.3) is 0 Å². The molecule has 0 spiro atoms. The molecule has 0 unspecified atom stereocenters. The molecule has 8 atom stereocenters. The van der Waals surface area contributed by atoms with Gasteiger partial charge in [0, 0.05) is 12.6 Å². The molecule has 0 amide bonds. The fourth-order valence-corrected chi connectivity index (χ4v) is 4.77. The van der Waals surface area contributed by atoms with Gasteiger partial charge in [-0.1, -0.05) is 41.5 Å². The predicted molar refractivity (Wildman–Crippen MR) is 107 cm³/mol. The largest absolute Gasteiger partial charge is 0.845 e. The topological polar surface area (TPSA) is 72.8 Å². The molecule has 1 rings (SSSR count). The first kappa shape index (κ1) is 24.4. The fourth-order valence-electron chi connectivity index (χ4n) is 4.77. The van der Waals surface area contributed by atoms with E-state index in [1.165, 1.54) is 6.92 Å². The number of hydrogen-bond donors (Lipinski definition) is 1. The maximum Gasteiger partial charge on any atom is 0.308 e. The summed E-state index contributed by atoms with van der Waals surface area (Å²) in [5.74, 6) is 0.926. The van der Waals surface area contributed by atoms with Crippen LogP contribution >= 0.6 is 0 Å². The van der Waals surface area contributed by atoms with Crippen molar-refractivity contribution in [2.75, 3.05) is 13.6 Å². The Labute approximate surface area is 166 Å². The number of likely N-dealkylation sites (N-methyl/N-ethyl adjacent to an activating group) is 1. The van der Waals surface area contributed by atoms with Crippen LogP contribution in [-0.4, -0.2) is 53.4 Å². The monoisotopic (exact) mass is 384 g/mol. The van der Waals surface area contributed by atoms with Crippen molar-refractivity contribution in [1.82, 2.24) is 4.90 Å². The van der Waals surface area contributed by atoms with Gasteiger partial charge in [-0.3, -0.25) is 4.79 Å². The molecule has 0 saturated carbocycles. The maximum atomic E-state index is 13.3. The number of carbonyl (C=O) groups is 1. The zero-order valence-electron chi connectivity index (χ0n) is 18.7. The van der Waals surface area contributed by atoms with Crippen LogP contribution in [0.1, 0.15) is 74.1 Å². The van der Waals surface area contributed by atoms with Crippen LogP contribution in [0.4, 0.5) is 0 Å². The third-order valence-electron chi connectivity index (χ3n) is 6.38. The van der Waals surface area contributed by atoms with Gasteiger partial charge in [0.1, 0.15) is 0 Å². The van der Waals surface area contributed by atoms with E-state index >= 15 is 0 Å². The Balaban J connectivity index is 3.12. The number of aliphatic hydroxyl groups excluding tert-OH is 1. The summed E-state index contributed by atoms with van der Waals surface area (Å²) < 4.78 is 5.62. The molecule has 1 saturated heterocycles. The molecular formula is C22H42NO4-. The number of ether oxygens (including phenoxy) is 1. The van der Waals surface area contributed by atoms with Gasteiger partial charge in [0.15, 0.2) is 0 Å². The molecule has 1 fully saturated rings. The predicted octanol–water partition coefficient (Wildman–Crippen LogP) is 2.84. The minimum absolute atomic E-state index is 0.239. The number of aliphatic hydroxyl groups is 1. The van der Waals surface area contributed by atoms with E-state index in [0.717, 1.165) is 25.8 Å². The van der Waals surface area contributed by atoms with Crippen molar-refractivity contribution in [1.29, 1.82) is 0 Å². The summed E-state index contributed by atoms with van der Waals surface area (Å²) in [5.41, 5.74) is -1.75. The second kappa shape index (κ2) is 10.2. The molecule has 5 nitrogen and oxygen atoms in total. The lowest BCUT2D eigenvalue weighted by atomic mass is 9.85. The van der Waals surface area contributed by atoms with Crippen LogP contribution in [0.5, 0.6) is 0 Å². The van der Waals surface area contributed by atoms with Gasteiger partial charge >= 0.3 is 5.97 Å². The van der Waals surface area contributed by atoms with Crippen LogP contribution in [0, 0.1) is 23.7 Å². The Morgan fingerprint density at radius 3 is 2.19 bits per heavy atom.